The van der Waals surface area contributed by atoms with Crippen LogP contribution in [0.25, 0.3) is 0 Å². The molecule has 18 heavy (non-hydrogen) atoms. The third-order valence-electron chi connectivity index (χ3n) is 4.00. The van der Waals surface area contributed by atoms with Crippen LogP contribution in [-0.4, -0.2) is 19.0 Å². The zero-order valence-corrected chi connectivity index (χ0v) is 11.0. The number of thiophene rings is 1. The van der Waals surface area contributed by atoms with Gasteiger partial charge >= 0.3 is 5.97 Å². The lowest BCUT2D eigenvalue weighted by molar-refractivity contribution is -0.118. The first-order valence-corrected chi connectivity index (χ1v) is 7.07. The van der Waals surface area contributed by atoms with Gasteiger partial charge in [0.25, 0.3) is 0 Å². The summed E-state index contributed by atoms with van der Waals surface area (Å²) in [5.74, 6) is 1.02. The predicted octanol–water partition coefficient (Wildman–Crippen LogP) is 2.52. The van der Waals surface area contributed by atoms with Crippen LogP contribution in [0.1, 0.15) is 28.9 Å². The first kappa shape index (κ1) is 11.7. The number of hydrogen-bond acceptors (Lipinski definition) is 4. The fourth-order valence-electron chi connectivity index (χ4n) is 3.08. The van der Waals surface area contributed by atoms with Gasteiger partial charge in [-0.1, -0.05) is 6.42 Å². The van der Waals surface area contributed by atoms with Crippen molar-refractivity contribution < 1.29 is 14.3 Å². The van der Waals surface area contributed by atoms with Crippen LogP contribution in [0.3, 0.4) is 0 Å². The lowest BCUT2D eigenvalue weighted by atomic mass is 10.1. The Morgan fingerprint density at radius 3 is 2.78 bits per heavy atom. The number of methoxy groups -OCH3 is 1. The van der Waals surface area contributed by atoms with E-state index in [1.54, 1.807) is 11.4 Å². The highest BCUT2D eigenvalue weighted by Gasteiger charge is 2.56. The van der Waals surface area contributed by atoms with Crippen LogP contribution in [0.4, 0.5) is 5.69 Å². The van der Waals surface area contributed by atoms with E-state index in [1.807, 2.05) is 0 Å². The number of rotatable bonds is 3. The molecule has 3 rings (SSSR count). The van der Waals surface area contributed by atoms with Gasteiger partial charge in [-0.05, 0) is 36.1 Å². The molecule has 1 aromatic rings. The summed E-state index contributed by atoms with van der Waals surface area (Å²) in [6, 6.07) is 1.76. The molecule has 5 heteroatoms. The quantitative estimate of drug-likeness (QED) is 0.854. The molecule has 0 bridgehead atoms. The SMILES string of the molecule is COC(=O)c1sccc1NC(=O)C1C2CCCC21. The summed E-state index contributed by atoms with van der Waals surface area (Å²) in [4.78, 5) is 24.1. The number of nitrogens with one attached hydrogen (secondary N) is 1. The zero-order valence-electron chi connectivity index (χ0n) is 10.1. The summed E-state index contributed by atoms with van der Waals surface area (Å²) in [5.41, 5.74) is 0.585. The Kier molecular flexibility index (Phi) is 2.86. The topological polar surface area (TPSA) is 55.4 Å². The van der Waals surface area contributed by atoms with E-state index in [0.717, 1.165) is 0 Å². The highest BCUT2D eigenvalue weighted by molar-refractivity contribution is 7.12. The van der Waals surface area contributed by atoms with E-state index in [2.05, 4.69) is 10.1 Å². The number of ether oxygens (including phenoxy) is 1. The molecule has 2 aliphatic carbocycles. The summed E-state index contributed by atoms with van der Waals surface area (Å²) >= 11 is 1.29. The minimum Gasteiger partial charge on any atom is -0.465 e. The molecule has 0 radical (unpaired) electrons. The fraction of sp³-hybridized carbons (Fsp3) is 0.538. The minimum atomic E-state index is -0.392. The zero-order chi connectivity index (χ0) is 12.7. The Morgan fingerprint density at radius 2 is 2.11 bits per heavy atom. The van der Waals surface area contributed by atoms with Crippen molar-refractivity contribution in [3.05, 3.63) is 16.3 Å². The highest BCUT2D eigenvalue weighted by Crippen LogP contribution is 2.57. The number of carbonyl (C=O) groups excluding carboxylic acids is 2. The Bertz CT molecular complexity index is 486. The van der Waals surface area contributed by atoms with E-state index >= 15 is 0 Å². The molecule has 0 aliphatic heterocycles. The van der Waals surface area contributed by atoms with Gasteiger partial charge in [0.15, 0.2) is 0 Å². The second kappa shape index (κ2) is 4.39. The van der Waals surface area contributed by atoms with E-state index in [1.165, 1.54) is 37.7 Å². The minimum absolute atomic E-state index is 0.0632. The molecule has 1 heterocycles. The summed E-state index contributed by atoms with van der Waals surface area (Å²) in [7, 11) is 1.35. The summed E-state index contributed by atoms with van der Waals surface area (Å²) in [6.45, 7) is 0. The average Bonchev–Trinajstić information content (AvgIpc) is 2.76. The first-order valence-electron chi connectivity index (χ1n) is 6.19. The molecule has 0 saturated heterocycles. The van der Waals surface area contributed by atoms with Gasteiger partial charge in [0.2, 0.25) is 5.91 Å². The maximum Gasteiger partial charge on any atom is 0.350 e. The Morgan fingerprint density at radius 1 is 1.39 bits per heavy atom. The summed E-state index contributed by atoms with van der Waals surface area (Å²) in [5, 5.41) is 4.65. The number of amides is 1. The fourth-order valence-corrected chi connectivity index (χ4v) is 3.85. The molecular formula is C13H15NO3S. The van der Waals surface area contributed by atoms with Gasteiger partial charge in [0, 0.05) is 5.92 Å². The number of anilines is 1. The lowest BCUT2D eigenvalue weighted by Gasteiger charge is -2.06. The first-order chi connectivity index (χ1) is 8.72. The Balaban J connectivity index is 1.68. The van der Waals surface area contributed by atoms with Crippen molar-refractivity contribution >= 4 is 28.9 Å². The average molecular weight is 265 g/mol. The predicted molar refractivity (Wildman–Crippen MR) is 68.6 cm³/mol. The number of fused-ring (bicyclic) bond motifs is 1. The van der Waals surface area contributed by atoms with Crippen molar-refractivity contribution in [2.75, 3.05) is 12.4 Å². The molecule has 2 atom stereocenters. The smallest absolute Gasteiger partial charge is 0.350 e. The maximum absolute atomic E-state index is 12.1. The van der Waals surface area contributed by atoms with E-state index in [9.17, 15) is 9.59 Å². The van der Waals surface area contributed by atoms with Crippen LogP contribution in [-0.2, 0) is 9.53 Å². The molecule has 1 amide bonds. The molecule has 2 aliphatic rings. The molecule has 2 fully saturated rings. The van der Waals surface area contributed by atoms with E-state index in [4.69, 9.17) is 0 Å². The third kappa shape index (κ3) is 1.82. The summed E-state index contributed by atoms with van der Waals surface area (Å²) < 4.78 is 4.69. The normalized spacial score (nSPS) is 28.6. The largest absolute Gasteiger partial charge is 0.465 e. The lowest BCUT2D eigenvalue weighted by Crippen LogP contribution is -2.17. The highest BCUT2D eigenvalue weighted by atomic mass is 32.1. The molecular weight excluding hydrogens is 250 g/mol. The third-order valence-corrected chi connectivity index (χ3v) is 4.90. The van der Waals surface area contributed by atoms with Crippen LogP contribution in [0.15, 0.2) is 11.4 Å². The molecule has 96 valence electrons. The summed E-state index contributed by atoms with van der Waals surface area (Å²) in [6.07, 6.45) is 3.61. The van der Waals surface area contributed by atoms with Crippen LogP contribution in [0.5, 0.6) is 0 Å². The van der Waals surface area contributed by atoms with E-state index in [-0.39, 0.29) is 11.8 Å². The molecule has 0 aromatic carbocycles. The Hall–Kier alpha value is -1.36. The van der Waals surface area contributed by atoms with Crippen molar-refractivity contribution in [3.8, 4) is 0 Å². The van der Waals surface area contributed by atoms with Crippen LogP contribution in [0.2, 0.25) is 0 Å². The van der Waals surface area contributed by atoms with Gasteiger partial charge in [0.1, 0.15) is 4.88 Å². The van der Waals surface area contributed by atoms with Crippen LogP contribution >= 0.6 is 11.3 Å². The standard InChI is InChI=1S/C13H15NO3S/c1-17-13(16)11-9(5-6-18-11)14-12(15)10-7-3-2-4-8(7)10/h5-8,10H,2-4H2,1H3,(H,14,15). The van der Waals surface area contributed by atoms with E-state index in [0.29, 0.717) is 22.4 Å². The van der Waals surface area contributed by atoms with Gasteiger partial charge < -0.3 is 10.1 Å². The van der Waals surface area contributed by atoms with Gasteiger partial charge in [0.05, 0.1) is 12.8 Å². The van der Waals surface area contributed by atoms with Gasteiger partial charge in [-0.15, -0.1) is 11.3 Å². The number of hydrogen-bond donors (Lipinski definition) is 1. The molecule has 1 aromatic heterocycles. The number of esters is 1. The van der Waals surface area contributed by atoms with Gasteiger partial charge in [-0.3, -0.25) is 4.79 Å². The molecule has 1 N–H and O–H groups in total. The van der Waals surface area contributed by atoms with Gasteiger partial charge in [-0.2, -0.15) is 0 Å². The monoisotopic (exact) mass is 265 g/mol. The van der Waals surface area contributed by atoms with Crippen LogP contribution < -0.4 is 5.32 Å². The van der Waals surface area contributed by atoms with Crippen molar-refractivity contribution in [1.82, 2.24) is 0 Å². The van der Waals surface area contributed by atoms with Crippen molar-refractivity contribution in [1.29, 1.82) is 0 Å². The van der Waals surface area contributed by atoms with E-state index < -0.39 is 5.97 Å². The van der Waals surface area contributed by atoms with Crippen molar-refractivity contribution in [2.24, 2.45) is 17.8 Å². The maximum atomic E-state index is 12.1. The van der Waals surface area contributed by atoms with Crippen LogP contribution in [0, 0.1) is 17.8 Å². The number of carbonyl (C=O) groups is 2. The Labute approximate surface area is 109 Å². The molecule has 4 nitrogen and oxygen atoms in total. The second-order valence-corrected chi connectivity index (χ2v) is 5.84. The second-order valence-electron chi connectivity index (χ2n) is 4.93. The van der Waals surface area contributed by atoms with Gasteiger partial charge in [-0.25, -0.2) is 4.79 Å². The van der Waals surface area contributed by atoms with Crippen molar-refractivity contribution in [2.45, 2.75) is 19.3 Å². The molecule has 2 unspecified atom stereocenters. The van der Waals surface area contributed by atoms with Crippen molar-refractivity contribution in [3.63, 3.8) is 0 Å². The molecule has 2 saturated carbocycles. The molecule has 0 spiro atoms.